The summed E-state index contributed by atoms with van der Waals surface area (Å²) in [5.41, 5.74) is 1.74. The van der Waals surface area contributed by atoms with Crippen LogP contribution >= 0.6 is 0 Å². The molecule has 0 saturated carbocycles. The smallest absolute Gasteiger partial charge is 0.412 e. The molecule has 0 radical (unpaired) electrons. The fraction of sp³-hybridized carbons (Fsp3) is 0.133. The Kier molecular flexibility index (Phi) is 4.44. The lowest BCUT2D eigenvalue weighted by Crippen LogP contribution is -2.13. The number of hydrogen-bond donors (Lipinski definition) is 1. The molecule has 0 bridgehead atoms. The van der Waals surface area contributed by atoms with Crippen LogP contribution in [0.25, 0.3) is 0 Å². The number of aromatic nitrogens is 1. The molecule has 0 aliphatic carbocycles. The minimum absolute atomic E-state index is 0.122. The second-order valence-electron chi connectivity index (χ2n) is 4.18. The number of rotatable bonds is 4. The van der Waals surface area contributed by atoms with Gasteiger partial charge < -0.3 is 4.74 Å². The van der Waals surface area contributed by atoms with Gasteiger partial charge in [-0.05, 0) is 17.7 Å². The third kappa shape index (κ3) is 3.91. The first-order valence-corrected chi connectivity index (χ1v) is 6.10. The molecule has 5 nitrogen and oxygen atoms in total. The summed E-state index contributed by atoms with van der Waals surface area (Å²) in [5, 5.41) is 2.54. The highest BCUT2D eigenvalue weighted by Crippen LogP contribution is 2.08. The topological polar surface area (TPSA) is 68.3 Å². The van der Waals surface area contributed by atoms with Gasteiger partial charge in [-0.3, -0.25) is 15.1 Å². The molecule has 0 unspecified atom stereocenters. The van der Waals surface area contributed by atoms with Crippen molar-refractivity contribution in [3.63, 3.8) is 0 Å². The van der Waals surface area contributed by atoms with E-state index in [1.54, 1.807) is 12.1 Å². The maximum absolute atomic E-state index is 11.6. The molecule has 2 aromatic rings. The number of ketones is 1. The number of carbonyl (C=O) groups excluding carboxylic acids is 2. The van der Waals surface area contributed by atoms with Gasteiger partial charge in [0, 0.05) is 6.92 Å². The third-order valence-electron chi connectivity index (χ3n) is 2.58. The number of benzene rings is 1. The second-order valence-corrected chi connectivity index (χ2v) is 4.18. The highest BCUT2D eigenvalue weighted by Gasteiger charge is 2.05. The molecular formula is C15H14N2O3. The molecule has 1 heterocycles. The van der Waals surface area contributed by atoms with Crippen molar-refractivity contribution in [1.29, 1.82) is 0 Å². The van der Waals surface area contributed by atoms with Gasteiger partial charge in [0.2, 0.25) is 0 Å². The van der Waals surface area contributed by atoms with E-state index in [1.807, 2.05) is 30.3 Å². The second kappa shape index (κ2) is 6.47. The van der Waals surface area contributed by atoms with E-state index >= 15 is 0 Å². The molecule has 20 heavy (non-hydrogen) atoms. The number of nitrogens with one attached hydrogen (secondary N) is 1. The molecule has 1 amide bonds. The fourth-order valence-corrected chi connectivity index (χ4v) is 1.55. The quantitative estimate of drug-likeness (QED) is 0.867. The minimum Gasteiger partial charge on any atom is -0.444 e. The molecule has 102 valence electrons. The predicted molar refractivity (Wildman–Crippen MR) is 74.5 cm³/mol. The Labute approximate surface area is 116 Å². The zero-order chi connectivity index (χ0) is 14.4. The van der Waals surface area contributed by atoms with Crippen molar-refractivity contribution in [1.82, 2.24) is 4.98 Å². The van der Waals surface area contributed by atoms with E-state index < -0.39 is 6.09 Å². The summed E-state index contributed by atoms with van der Waals surface area (Å²) in [4.78, 5) is 26.6. The Morgan fingerprint density at radius 1 is 1.15 bits per heavy atom. The molecule has 0 fully saturated rings. The zero-order valence-electron chi connectivity index (χ0n) is 11.0. The van der Waals surface area contributed by atoms with E-state index in [-0.39, 0.29) is 12.4 Å². The van der Waals surface area contributed by atoms with E-state index in [4.69, 9.17) is 4.74 Å². The average molecular weight is 270 g/mol. The van der Waals surface area contributed by atoms with Crippen molar-refractivity contribution < 1.29 is 14.3 Å². The molecular weight excluding hydrogens is 256 g/mol. The van der Waals surface area contributed by atoms with Crippen molar-refractivity contribution in [3.05, 3.63) is 59.9 Å². The van der Waals surface area contributed by atoms with Crippen LogP contribution < -0.4 is 5.32 Å². The van der Waals surface area contributed by atoms with E-state index in [2.05, 4.69) is 10.3 Å². The molecule has 1 N–H and O–H groups in total. The number of hydrogen-bond acceptors (Lipinski definition) is 4. The average Bonchev–Trinajstić information content (AvgIpc) is 2.47. The molecule has 0 aliphatic heterocycles. The molecule has 0 saturated heterocycles. The Hall–Kier alpha value is -2.69. The lowest BCUT2D eigenvalue weighted by Gasteiger charge is -2.07. The lowest BCUT2D eigenvalue weighted by molar-refractivity contribution is 0.101. The highest BCUT2D eigenvalue weighted by molar-refractivity contribution is 5.92. The van der Waals surface area contributed by atoms with Gasteiger partial charge in [-0.15, -0.1) is 0 Å². The maximum atomic E-state index is 11.6. The fourth-order valence-electron chi connectivity index (χ4n) is 1.55. The molecule has 0 aliphatic rings. The molecule has 1 aromatic carbocycles. The summed E-state index contributed by atoms with van der Waals surface area (Å²) in [6, 6.07) is 12.5. The van der Waals surface area contributed by atoms with Gasteiger partial charge in [0.25, 0.3) is 0 Å². The lowest BCUT2D eigenvalue weighted by atomic mass is 10.2. The van der Waals surface area contributed by atoms with Gasteiger partial charge in [0.1, 0.15) is 12.3 Å². The highest BCUT2D eigenvalue weighted by atomic mass is 16.5. The summed E-state index contributed by atoms with van der Waals surface area (Å²) in [7, 11) is 0. The number of anilines is 1. The van der Waals surface area contributed by atoms with Crippen molar-refractivity contribution in [2.45, 2.75) is 13.5 Å². The van der Waals surface area contributed by atoms with E-state index in [0.717, 1.165) is 5.56 Å². The first-order chi connectivity index (χ1) is 9.65. The van der Waals surface area contributed by atoms with Gasteiger partial charge in [0.05, 0.1) is 11.9 Å². The summed E-state index contributed by atoms with van der Waals surface area (Å²) in [6.07, 6.45) is 0.853. The number of ether oxygens (including phenoxy) is 1. The monoisotopic (exact) mass is 270 g/mol. The first-order valence-electron chi connectivity index (χ1n) is 6.10. The number of nitrogens with zero attached hydrogens (tertiary/aromatic N) is 1. The van der Waals surface area contributed by atoms with Gasteiger partial charge >= 0.3 is 6.09 Å². The standard InChI is InChI=1S/C15H14N2O3/c1-11(18)14-8-7-13(9-16-14)17-15(19)20-10-12-5-3-2-4-6-12/h2-9H,10H2,1H3,(H,17,19). The van der Waals surface area contributed by atoms with Crippen molar-refractivity contribution in [2.24, 2.45) is 0 Å². The van der Waals surface area contributed by atoms with E-state index in [9.17, 15) is 9.59 Å². The van der Waals surface area contributed by atoms with Gasteiger partial charge in [-0.25, -0.2) is 4.79 Å². The number of Topliss-reactive ketones (excluding diaryl/α,β-unsaturated/α-hetero) is 1. The third-order valence-corrected chi connectivity index (χ3v) is 2.58. The number of carbonyl (C=O) groups is 2. The largest absolute Gasteiger partial charge is 0.444 e. The van der Waals surface area contributed by atoms with Crippen LogP contribution in [0.15, 0.2) is 48.7 Å². The summed E-state index contributed by atoms with van der Waals surface area (Å²) in [6.45, 7) is 1.63. The number of amides is 1. The molecule has 5 heteroatoms. The van der Waals surface area contributed by atoms with Crippen LogP contribution in [0.3, 0.4) is 0 Å². The van der Waals surface area contributed by atoms with Crippen molar-refractivity contribution in [3.8, 4) is 0 Å². The van der Waals surface area contributed by atoms with Gasteiger partial charge in [0.15, 0.2) is 5.78 Å². The molecule has 2 rings (SSSR count). The predicted octanol–water partition coefficient (Wildman–Crippen LogP) is 3.03. The maximum Gasteiger partial charge on any atom is 0.412 e. The molecule has 0 atom stereocenters. The van der Waals surface area contributed by atoms with Crippen molar-refractivity contribution >= 4 is 17.6 Å². The van der Waals surface area contributed by atoms with E-state index in [1.165, 1.54) is 13.1 Å². The molecule has 1 aromatic heterocycles. The summed E-state index contributed by atoms with van der Waals surface area (Å²) >= 11 is 0. The van der Waals surface area contributed by atoms with Crippen LogP contribution in [0, 0.1) is 0 Å². The Balaban J connectivity index is 1.86. The van der Waals surface area contributed by atoms with Crippen LogP contribution in [0.5, 0.6) is 0 Å². The Morgan fingerprint density at radius 2 is 1.90 bits per heavy atom. The van der Waals surface area contributed by atoms with Crippen LogP contribution in [-0.2, 0) is 11.3 Å². The van der Waals surface area contributed by atoms with Crippen LogP contribution in [0.2, 0.25) is 0 Å². The molecule has 0 spiro atoms. The minimum atomic E-state index is -0.564. The Bertz CT molecular complexity index is 594. The van der Waals surface area contributed by atoms with Gasteiger partial charge in [-0.1, -0.05) is 30.3 Å². The van der Waals surface area contributed by atoms with Crippen LogP contribution in [0.4, 0.5) is 10.5 Å². The van der Waals surface area contributed by atoms with Crippen LogP contribution in [0.1, 0.15) is 23.0 Å². The van der Waals surface area contributed by atoms with E-state index in [0.29, 0.717) is 11.4 Å². The zero-order valence-corrected chi connectivity index (χ0v) is 11.0. The summed E-state index contributed by atoms with van der Waals surface area (Å²) < 4.78 is 5.06. The first kappa shape index (κ1) is 13.7. The van der Waals surface area contributed by atoms with Crippen LogP contribution in [-0.4, -0.2) is 16.9 Å². The normalized spacial score (nSPS) is 9.85. The number of pyridine rings is 1. The SMILES string of the molecule is CC(=O)c1ccc(NC(=O)OCc2ccccc2)cn1. The summed E-state index contributed by atoms with van der Waals surface area (Å²) in [5.74, 6) is -0.122. The van der Waals surface area contributed by atoms with Crippen molar-refractivity contribution in [2.75, 3.05) is 5.32 Å². The van der Waals surface area contributed by atoms with Gasteiger partial charge in [-0.2, -0.15) is 0 Å². The Morgan fingerprint density at radius 3 is 2.50 bits per heavy atom.